The fourth-order valence-corrected chi connectivity index (χ4v) is 4.22. The second-order valence-corrected chi connectivity index (χ2v) is 6.89. The number of hydrogen-bond acceptors (Lipinski definition) is 2. The van der Waals surface area contributed by atoms with Crippen molar-refractivity contribution >= 4 is 5.78 Å². The Morgan fingerprint density at radius 1 is 1.14 bits per heavy atom. The summed E-state index contributed by atoms with van der Waals surface area (Å²) in [6.45, 7) is 3.71. The molecule has 21 heavy (non-hydrogen) atoms. The fourth-order valence-electron chi connectivity index (χ4n) is 4.22. The predicted molar refractivity (Wildman–Crippen MR) is 84.3 cm³/mol. The summed E-state index contributed by atoms with van der Waals surface area (Å²) in [5, 5.41) is 0. The number of benzene rings is 1. The van der Waals surface area contributed by atoms with Crippen LogP contribution in [0.4, 0.5) is 0 Å². The molecule has 2 fully saturated rings. The molecule has 1 saturated carbocycles. The summed E-state index contributed by atoms with van der Waals surface area (Å²) >= 11 is 0. The van der Waals surface area contributed by atoms with Gasteiger partial charge in [-0.25, -0.2) is 0 Å². The zero-order valence-corrected chi connectivity index (χ0v) is 13.0. The number of hydrogen-bond donors (Lipinski definition) is 0. The minimum atomic E-state index is -0.290. The van der Waals surface area contributed by atoms with Crippen molar-refractivity contribution in [3.05, 3.63) is 35.9 Å². The molecule has 0 bridgehead atoms. The van der Waals surface area contributed by atoms with Crippen LogP contribution in [0.2, 0.25) is 0 Å². The van der Waals surface area contributed by atoms with Crippen LogP contribution in [0.1, 0.15) is 51.0 Å². The van der Waals surface area contributed by atoms with Crippen LogP contribution in [0.15, 0.2) is 30.3 Å². The van der Waals surface area contributed by atoms with Gasteiger partial charge in [0.2, 0.25) is 0 Å². The molecule has 0 aromatic heterocycles. The highest BCUT2D eigenvalue weighted by atomic mass is 16.5. The smallest absolute Gasteiger partial charge is 0.146 e. The molecule has 0 spiro atoms. The molecule has 2 nitrogen and oxygen atoms in total. The lowest BCUT2D eigenvalue weighted by molar-refractivity contribution is -0.133. The van der Waals surface area contributed by atoms with Crippen molar-refractivity contribution in [1.82, 2.24) is 0 Å². The van der Waals surface area contributed by atoms with E-state index in [0.717, 1.165) is 25.7 Å². The summed E-state index contributed by atoms with van der Waals surface area (Å²) in [6, 6.07) is 10.4. The number of carbonyl (C=O) groups is 1. The van der Waals surface area contributed by atoms with Crippen LogP contribution in [0.5, 0.6) is 0 Å². The van der Waals surface area contributed by atoms with Gasteiger partial charge in [0.1, 0.15) is 5.78 Å². The Hall–Kier alpha value is -1.15. The van der Waals surface area contributed by atoms with Crippen LogP contribution in [0.25, 0.3) is 0 Å². The molecule has 114 valence electrons. The van der Waals surface area contributed by atoms with E-state index in [1.165, 1.54) is 18.4 Å². The summed E-state index contributed by atoms with van der Waals surface area (Å²) in [6.07, 6.45) is 6.35. The number of ketones is 1. The van der Waals surface area contributed by atoms with Crippen molar-refractivity contribution in [2.75, 3.05) is 13.2 Å². The molecule has 2 atom stereocenters. The van der Waals surface area contributed by atoms with Crippen LogP contribution < -0.4 is 0 Å². The van der Waals surface area contributed by atoms with E-state index in [0.29, 0.717) is 24.9 Å². The van der Waals surface area contributed by atoms with Gasteiger partial charge in [0.15, 0.2) is 0 Å². The average Bonchev–Trinajstić information content (AvgIpc) is 2.55. The molecule has 0 radical (unpaired) electrons. The molecule has 1 saturated heterocycles. The molecule has 2 aliphatic rings. The second-order valence-electron chi connectivity index (χ2n) is 6.89. The molecular weight excluding hydrogens is 260 g/mol. The lowest BCUT2D eigenvalue weighted by Gasteiger charge is -2.40. The quantitative estimate of drug-likeness (QED) is 0.835. The van der Waals surface area contributed by atoms with E-state index in [-0.39, 0.29) is 11.3 Å². The first-order valence-corrected chi connectivity index (χ1v) is 8.40. The van der Waals surface area contributed by atoms with Crippen LogP contribution >= 0.6 is 0 Å². The van der Waals surface area contributed by atoms with Crippen molar-refractivity contribution in [3.8, 4) is 0 Å². The average molecular weight is 286 g/mol. The van der Waals surface area contributed by atoms with Gasteiger partial charge in [-0.05, 0) is 37.2 Å². The third-order valence-corrected chi connectivity index (χ3v) is 5.45. The van der Waals surface area contributed by atoms with E-state index in [1.807, 2.05) is 6.07 Å². The Labute approximate surface area is 127 Å². The topological polar surface area (TPSA) is 26.3 Å². The Bertz CT molecular complexity index is 474. The van der Waals surface area contributed by atoms with Gasteiger partial charge < -0.3 is 4.74 Å². The Morgan fingerprint density at radius 2 is 1.86 bits per heavy atom. The third kappa shape index (κ3) is 2.91. The summed E-state index contributed by atoms with van der Waals surface area (Å²) in [5.74, 6) is 1.44. The van der Waals surface area contributed by atoms with Gasteiger partial charge in [0, 0.05) is 19.1 Å². The highest BCUT2D eigenvalue weighted by Crippen LogP contribution is 2.41. The van der Waals surface area contributed by atoms with E-state index in [4.69, 9.17) is 4.74 Å². The van der Waals surface area contributed by atoms with E-state index < -0.39 is 0 Å². The van der Waals surface area contributed by atoms with Crippen molar-refractivity contribution in [1.29, 1.82) is 0 Å². The van der Waals surface area contributed by atoms with Gasteiger partial charge in [-0.15, -0.1) is 0 Å². The first-order chi connectivity index (χ1) is 10.2. The largest absolute Gasteiger partial charge is 0.381 e. The van der Waals surface area contributed by atoms with E-state index >= 15 is 0 Å². The summed E-state index contributed by atoms with van der Waals surface area (Å²) in [7, 11) is 0. The van der Waals surface area contributed by atoms with Crippen LogP contribution in [0.3, 0.4) is 0 Å². The van der Waals surface area contributed by atoms with Crippen LogP contribution in [-0.2, 0) is 14.9 Å². The minimum absolute atomic E-state index is 0.257. The second kappa shape index (κ2) is 6.31. The molecule has 1 aliphatic carbocycles. The first kappa shape index (κ1) is 14.8. The highest BCUT2D eigenvalue weighted by molar-refractivity contribution is 5.92. The predicted octanol–water partition coefficient (Wildman–Crippen LogP) is 4.13. The van der Waals surface area contributed by atoms with Gasteiger partial charge in [-0.3, -0.25) is 4.79 Å². The number of Topliss-reactive ketones (excluding diaryl/α,β-unsaturated/α-hetero) is 1. The fraction of sp³-hybridized carbons (Fsp3) is 0.632. The van der Waals surface area contributed by atoms with E-state index in [2.05, 4.69) is 31.2 Å². The molecule has 3 rings (SSSR count). The Kier molecular flexibility index (Phi) is 4.44. The lowest BCUT2D eigenvalue weighted by atomic mass is 9.64. The standard InChI is InChI=1S/C19H26O2/c1-15-6-5-7-16(14-15)18(20)19(10-12-21-13-11-19)17-8-3-2-4-9-17/h2-4,8-9,15-16H,5-7,10-14H2,1H3. The molecule has 1 aliphatic heterocycles. The monoisotopic (exact) mass is 286 g/mol. The van der Waals surface area contributed by atoms with Crippen molar-refractivity contribution in [2.24, 2.45) is 11.8 Å². The number of carbonyl (C=O) groups excluding carboxylic acids is 1. The molecule has 1 aromatic carbocycles. The maximum absolute atomic E-state index is 13.4. The zero-order chi connectivity index (χ0) is 14.7. The maximum Gasteiger partial charge on any atom is 0.146 e. The SMILES string of the molecule is CC1CCCC(C(=O)C2(c3ccccc3)CCOCC2)C1. The Morgan fingerprint density at radius 3 is 2.52 bits per heavy atom. The molecule has 0 N–H and O–H groups in total. The molecule has 1 heterocycles. The van der Waals surface area contributed by atoms with Gasteiger partial charge in [0.05, 0.1) is 5.41 Å². The molecule has 2 heteroatoms. The highest BCUT2D eigenvalue weighted by Gasteiger charge is 2.44. The van der Waals surface area contributed by atoms with E-state index in [1.54, 1.807) is 0 Å². The third-order valence-electron chi connectivity index (χ3n) is 5.45. The zero-order valence-electron chi connectivity index (χ0n) is 13.0. The summed E-state index contributed by atoms with van der Waals surface area (Å²) in [5.41, 5.74) is 0.915. The molecule has 1 aromatic rings. The number of rotatable bonds is 3. The van der Waals surface area contributed by atoms with Crippen molar-refractivity contribution < 1.29 is 9.53 Å². The number of ether oxygens (including phenoxy) is 1. The normalized spacial score (nSPS) is 29.0. The molecular formula is C19H26O2. The van der Waals surface area contributed by atoms with Gasteiger partial charge in [-0.2, -0.15) is 0 Å². The minimum Gasteiger partial charge on any atom is -0.381 e. The lowest BCUT2D eigenvalue weighted by Crippen LogP contribution is -2.45. The van der Waals surface area contributed by atoms with Crippen molar-refractivity contribution in [2.45, 2.75) is 50.9 Å². The molecule has 0 amide bonds. The van der Waals surface area contributed by atoms with Crippen LogP contribution in [0, 0.1) is 11.8 Å². The summed E-state index contributed by atoms with van der Waals surface area (Å²) in [4.78, 5) is 13.4. The van der Waals surface area contributed by atoms with E-state index in [9.17, 15) is 4.79 Å². The summed E-state index contributed by atoms with van der Waals surface area (Å²) < 4.78 is 5.55. The maximum atomic E-state index is 13.4. The van der Waals surface area contributed by atoms with Gasteiger partial charge in [-0.1, -0.05) is 50.1 Å². The molecule has 2 unspecified atom stereocenters. The Balaban J connectivity index is 1.90. The van der Waals surface area contributed by atoms with Gasteiger partial charge in [0.25, 0.3) is 0 Å². The van der Waals surface area contributed by atoms with Crippen molar-refractivity contribution in [3.63, 3.8) is 0 Å². The van der Waals surface area contributed by atoms with Gasteiger partial charge >= 0.3 is 0 Å². The van der Waals surface area contributed by atoms with Crippen LogP contribution in [-0.4, -0.2) is 19.0 Å². The first-order valence-electron chi connectivity index (χ1n) is 8.40.